The lowest BCUT2D eigenvalue weighted by Gasteiger charge is -2.35. The fourth-order valence-corrected chi connectivity index (χ4v) is 4.56. The van der Waals surface area contributed by atoms with Crippen molar-refractivity contribution < 1.29 is 9.59 Å². The van der Waals surface area contributed by atoms with Crippen LogP contribution in [-0.2, 0) is 11.2 Å². The highest BCUT2D eigenvalue weighted by Gasteiger charge is 2.22. The Morgan fingerprint density at radius 3 is 2.50 bits per heavy atom. The number of amides is 2. The van der Waals surface area contributed by atoms with Gasteiger partial charge in [0.05, 0.1) is 12.2 Å². The summed E-state index contributed by atoms with van der Waals surface area (Å²) >= 11 is 0. The molecule has 3 N–H and O–H groups in total. The number of nitrogens with two attached hydrogens (primary N) is 1. The molecule has 1 aliphatic rings. The van der Waals surface area contributed by atoms with Crippen LogP contribution in [0.5, 0.6) is 0 Å². The Morgan fingerprint density at radius 2 is 1.82 bits per heavy atom. The number of carbonyl (C=O) groups excluding carboxylic acids is 2. The summed E-state index contributed by atoms with van der Waals surface area (Å²) in [4.78, 5) is 34.0. The molecule has 2 amide bonds. The average molecular weight is 464 g/mol. The number of likely N-dealkylation sites (N-methyl/N-ethyl adjacent to an activating group) is 1. The van der Waals surface area contributed by atoms with Gasteiger partial charge in [0, 0.05) is 50.5 Å². The van der Waals surface area contributed by atoms with Crippen LogP contribution in [-0.4, -0.2) is 76.0 Å². The van der Waals surface area contributed by atoms with Crippen LogP contribution in [0.2, 0.25) is 0 Å². The van der Waals surface area contributed by atoms with Crippen LogP contribution in [0.4, 0.5) is 0 Å². The Bertz CT molecular complexity index is 1170. The summed E-state index contributed by atoms with van der Waals surface area (Å²) in [7, 11) is 2.14. The summed E-state index contributed by atoms with van der Waals surface area (Å²) in [5, 5.41) is 7.53. The molecule has 34 heavy (non-hydrogen) atoms. The molecule has 1 unspecified atom stereocenters. The summed E-state index contributed by atoms with van der Waals surface area (Å²) in [5.74, 6) is -0.555. The number of nitrogens with one attached hydrogen (secondary N) is 1. The first kappa shape index (κ1) is 23.8. The monoisotopic (exact) mass is 463 g/mol. The van der Waals surface area contributed by atoms with Gasteiger partial charge in [0.1, 0.15) is 5.56 Å². The highest BCUT2D eigenvalue weighted by atomic mass is 16.2. The molecule has 0 aliphatic carbocycles. The van der Waals surface area contributed by atoms with Crippen molar-refractivity contribution in [3.05, 3.63) is 64.6 Å². The summed E-state index contributed by atoms with van der Waals surface area (Å²) in [6.45, 7) is 8.67. The molecule has 1 atom stereocenters. The molecule has 0 spiro atoms. The van der Waals surface area contributed by atoms with Gasteiger partial charge < -0.3 is 16.0 Å². The summed E-state index contributed by atoms with van der Waals surface area (Å²) in [6, 6.07) is 10.1. The zero-order valence-corrected chi connectivity index (χ0v) is 20.1. The molecular weight excluding hydrogens is 430 g/mol. The first-order valence-corrected chi connectivity index (χ1v) is 11.7. The second kappa shape index (κ2) is 10.3. The lowest BCUT2D eigenvalue weighted by atomic mass is 10.0. The van der Waals surface area contributed by atoms with E-state index in [0.717, 1.165) is 55.2 Å². The van der Waals surface area contributed by atoms with Crippen LogP contribution >= 0.6 is 0 Å². The fourth-order valence-electron chi connectivity index (χ4n) is 4.56. The van der Waals surface area contributed by atoms with E-state index in [9.17, 15) is 9.59 Å². The molecule has 9 heteroatoms. The number of fused-ring (bicyclic) bond motifs is 1. The first-order valence-electron chi connectivity index (χ1n) is 11.7. The number of aryl methyl sites for hydroxylation is 2. The van der Waals surface area contributed by atoms with Gasteiger partial charge in [-0.1, -0.05) is 30.3 Å². The number of hydrogen-bond acceptors (Lipinski definition) is 6. The largest absolute Gasteiger partial charge is 0.365 e. The number of primary amides is 1. The van der Waals surface area contributed by atoms with Gasteiger partial charge in [0.15, 0.2) is 5.65 Å². The second-order valence-electron chi connectivity index (χ2n) is 9.05. The number of benzene rings is 1. The lowest BCUT2D eigenvalue weighted by Crippen LogP contribution is -2.47. The maximum absolute atomic E-state index is 13.0. The number of rotatable bonds is 8. The van der Waals surface area contributed by atoms with E-state index in [-0.39, 0.29) is 11.9 Å². The molecule has 0 radical (unpaired) electrons. The van der Waals surface area contributed by atoms with Crippen molar-refractivity contribution in [2.45, 2.75) is 32.7 Å². The van der Waals surface area contributed by atoms with E-state index in [1.54, 1.807) is 4.52 Å². The fraction of sp³-hybridized carbons (Fsp3) is 0.440. The number of aromatic nitrogens is 3. The van der Waals surface area contributed by atoms with E-state index < -0.39 is 5.91 Å². The Kier molecular flexibility index (Phi) is 7.23. The van der Waals surface area contributed by atoms with Crippen LogP contribution in [0, 0.1) is 13.8 Å². The summed E-state index contributed by atoms with van der Waals surface area (Å²) in [5.41, 5.74) is 9.89. The SMILES string of the molecule is Cc1nc2c(C(N)=O)cnn2c(C)c1CCC(=O)NC(CN1CCN(C)CC1)c1ccccc1. The van der Waals surface area contributed by atoms with Crippen molar-refractivity contribution in [1.82, 2.24) is 29.7 Å². The zero-order chi connectivity index (χ0) is 24.2. The molecule has 3 aromatic rings. The van der Waals surface area contributed by atoms with Gasteiger partial charge in [-0.2, -0.15) is 5.10 Å². The van der Waals surface area contributed by atoms with Crippen LogP contribution in [0.3, 0.4) is 0 Å². The second-order valence-corrected chi connectivity index (χ2v) is 9.05. The molecule has 1 aliphatic heterocycles. The molecule has 4 rings (SSSR count). The minimum absolute atomic E-state index is 0.000155. The van der Waals surface area contributed by atoms with Gasteiger partial charge in [-0.15, -0.1) is 0 Å². The van der Waals surface area contributed by atoms with Gasteiger partial charge >= 0.3 is 0 Å². The highest BCUT2D eigenvalue weighted by molar-refractivity contribution is 5.98. The van der Waals surface area contributed by atoms with Crippen molar-refractivity contribution in [2.24, 2.45) is 5.73 Å². The molecule has 0 bridgehead atoms. The minimum atomic E-state index is -0.555. The molecule has 9 nitrogen and oxygen atoms in total. The van der Waals surface area contributed by atoms with Crippen LogP contribution < -0.4 is 11.1 Å². The van der Waals surface area contributed by atoms with Gasteiger partial charge in [0.2, 0.25) is 5.91 Å². The van der Waals surface area contributed by atoms with E-state index in [2.05, 4.69) is 44.4 Å². The summed E-state index contributed by atoms with van der Waals surface area (Å²) in [6.07, 6.45) is 2.31. The van der Waals surface area contributed by atoms with E-state index >= 15 is 0 Å². The molecule has 1 saturated heterocycles. The van der Waals surface area contributed by atoms with Gasteiger partial charge in [-0.25, -0.2) is 9.50 Å². The lowest BCUT2D eigenvalue weighted by molar-refractivity contribution is -0.122. The zero-order valence-electron chi connectivity index (χ0n) is 20.1. The summed E-state index contributed by atoms with van der Waals surface area (Å²) < 4.78 is 1.63. The number of hydrogen-bond donors (Lipinski definition) is 2. The minimum Gasteiger partial charge on any atom is -0.365 e. The smallest absolute Gasteiger partial charge is 0.254 e. The quantitative estimate of drug-likeness (QED) is 0.524. The highest BCUT2D eigenvalue weighted by Crippen LogP contribution is 2.20. The van der Waals surface area contributed by atoms with Crippen LogP contribution in [0.1, 0.15) is 45.3 Å². The Morgan fingerprint density at radius 1 is 1.12 bits per heavy atom. The topological polar surface area (TPSA) is 109 Å². The average Bonchev–Trinajstić information content (AvgIpc) is 3.25. The van der Waals surface area contributed by atoms with E-state index in [1.165, 1.54) is 6.20 Å². The molecule has 2 aromatic heterocycles. The van der Waals surface area contributed by atoms with Crippen LogP contribution in [0.15, 0.2) is 36.5 Å². The Balaban J connectivity index is 1.46. The molecule has 1 aromatic carbocycles. The number of carbonyl (C=O) groups is 2. The van der Waals surface area contributed by atoms with Crippen molar-refractivity contribution in [3.63, 3.8) is 0 Å². The van der Waals surface area contributed by atoms with Crippen LogP contribution in [0.25, 0.3) is 5.65 Å². The number of piperazine rings is 1. The van der Waals surface area contributed by atoms with Crippen molar-refractivity contribution in [3.8, 4) is 0 Å². The molecule has 3 heterocycles. The third-order valence-corrected chi connectivity index (χ3v) is 6.65. The van der Waals surface area contributed by atoms with Gasteiger partial charge in [-0.05, 0) is 38.4 Å². The van der Waals surface area contributed by atoms with Crippen molar-refractivity contribution in [1.29, 1.82) is 0 Å². The van der Waals surface area contributed by atoms with E-state index in [4.69, 9.17) is 5.73 Å². The first-order chi connectivity index (χ1) is 16.3. The van der Waals surface area contributed by atoms with Crippen molar-refractivity contribution in [2.75, 3.05) is 39.8 Å². The van der Waals surface area contributed by atoms with E-state index in [1.807, 2.05) is 32.0 Å². The molecule has 0 saturated carbocycles. The normalized spacial score (nSPS) is 16.0. The molecule has 180 valence electrons. The Labute approximate surface area is 199 Å². The van der Waals surface area contributed by atoms with Crippen molar-refractivity contribution >= 4 is 17.5 Å². The third kappa shape index (κ3) is 5.26. The Hall–Kier alpha value is -3.30. The maximum Gasteiger partial charge on any atom is 0.254 e. The predicted molar refractivity (Wildman–Crippen MR) is 131 cm³/mol. The maximum atomic E-state index is 13.0. The number of nitrogens with zero attached hydrogens (tertiary/aromatic N) is 5. The predicted octanol–water partition coefficient (Wildman–Crippen LogP) is 1.48. The van der Waals surface area contributed by atoms with Gasteiger partial charge in [-0.3, -0.25) is 14.5 Å². The molecule has 1 fully saturated rings. The third-order valence-electron chi connectivity index (χ3n) is 6.65. The standard InChI is InChI=1S/C25H33N7O2/c1-17-20(18(2)32-25(28-17)21(15-27-32)24(26)34)9-10-23(33)29-22(19-7-5-4-6-8-19)16-31-13-11-30(3)12-14-31/h4-8,15,22H,9-14,16H2,1-3H3,(H2,26,34)(H,29,33). The molecular formula is C25H33N7O2. The van der Waals surface area contributed by atoms with Gasteiger partial charge in [0.25, 0.3) is 5.91 Å². The van der Waals surface area contributed by atoms with E-state index in [0.29, 0.717) is 24.1 Å².